The van der Waals surface area contributed by atoms with Crippen LogP contribution in [-0.2, 0) is 10.0 Å². The molecule has 158 valence electrons. The standard InChI is InChI=1S/C22H20N4O3S2/c27-21(24-25-22(30)23-19-9-5-2-6-10-19)18-11-13-20(14-12-18)26-31(28,29)16-15-17-7-3-1-4-8-17/h1-16,26H,(H,24,27)(H2,23,25,30)/b16-15+. The smallest absolute Gasteiger partial charge is 0.269 e. The van der Waals surface area contributed by atoms with Crippen molar-refractivity contribution >= 4 is 50.7 Å². The average Bonchev–Trinajstić information content (AvgIpc) is 2.78. The van der Waals surface area contributed by atoms with Crippen molar-refractivity contribution in [1.82, 2.24) is 10.9 Å². The topological polar surface area (TPSA) is 99.3 Å². The summed E-state index contributed by atoms with van der Waals surface area (Å²) in [6.45, 7) is 0. The first-order valence-corrected chi connectivity index (χ1v) is 11.2. The molecule has 0 fully saturated rings. The second-order valence-electron chi connectivity index (χ2n) is 6.34. The van der Waals surface area contributed by atoms with Crippen molar-refractivity contribution in [2.75, 3.05) is 10.0 Å². The summed E-state index contributed by atoms with van der Waals surface area (Å²) in [5.74, 6) is -0.421. The Labute approximate surface area is 186 Å². The Morgan fingerprint density at radius 2 is 1.39 bits per heavy atom. The predicted octanol–water partition coefficient (Wildman–Crippen LogP) is 3.73. The molecular weight excluding hydrogens is 432 g/mol. The zero-order valence-corrected chi connectivity index (χ0v) is 17.9. The molecule has 0 unspecified atom stereocenters. The molecule has 0 saturated heterocycles. The first-order valence-electron chi connectivity index (χ1n) is 9.20. The average molecular weight is 453 g/mol. The summed E-state index contributed by atoms with van der Waals surface area (Å²) in [5, 5.41) is 4.25. The molecule has 31 heavy (non-hydrogen) atoms. The number of thiocarbonyl (C=S) groups is 1. The lowest BCUT2D eigenvalue weighted by atomic mass is 10.2. The SMILES string of the molecule is O=C(NNC(=S)Nc1ccccc1)c1ccc(NS(=O)(=O)/C=C/c2ccccc2)cc1. The zero-order valence-electron chi connectivity index (χ0n) is 16.3. The van der Waals surface area contributed by atoms with Gasteiger partial charge in [-0.2, -0.15) is 0 Å². The van der Waals surface area contributed by atoms with E-state index in [1.165, 1.54) is 30.3 Å². The van der Waals surface area contributed by atoms with Gasteiger partial charge in [0.05, 0.1) is 5.41 Å². The molecule has 0 aliphatic carbocycles. The third-order valence-electron chi connectivity index (χ3n) is 3.97. The van der Waals surface area contributed by atoms with Crippen LogP contribution >= 0.6 is 12.2 Å². The minimum absolute atomic E-state index is 0.231. The van der Waals surface area contributed by atoms with Gasteiger partial charge in [0.2, 0.25) is 0 Å². The van der Waals surface area contributed by atoms with Crippen LogP contribution in [0.2, 0.25) is 0 Å². The van der Waals surface area contributed by atoms with E-state index in [0.29, 0.717) is 11.3 Å². The van der Waals surface area contributed by atoms with Crippen LogP contribution in [0.4, 0.5) is 11.4 Å². The minimum atomic E-state index is -3.69. The van der Waals surface area contributed by atoms with Crippen molar-refractivity contribution in [3.05, 3.63) is 101 Å². The number of sulfonamides is 1. The van der Waals surface area contributed by atoms with E-state index in [2.05, 4.69) is 20.9 Å². The molecule has 0 heterocycles. The van der Waals surface area contributed by atoms with Crippen molar-refractivity contribution in [2.45, 2.75) is 0 Å². The number of nitrogens with one attached hydrogen (secondary N) is 4. The molecule has 0 aromatic heterocycles. The van der Waals surface area contributed by atoms with Crippen molar-refractivity contribution < 1.29 is 13.2 Å². The fourth-order valence-electron chi connectivity index (χ4n) is 2.49. The number of anilines is 2. The number of hydrazine groups is 1. The number of hydrogen-bond acceptors (Lipinski definition) is 4. The van der Waals surface area contributed by atoms with Crippen LogP contribution in [-0.4, -0.2) is 19.4 Å². The summed E-state index contributed by atoms with van der Waals surface area (Å²) in [4.78, 5) is 12.2. The van der Waals surface area contributed by atoms with Crippen LogP contribution in [0, 0.1) is 0 Å². The third kappa shape index (κ3) is 7.25. The number of para-hydroxylation sites is 1. The van der Waals surface area contributed by atoms with E-state index in [1.807, 2.05) is 48.5 Å². The first kappa shape index (κ1) is 22.0. The van der Waals surface area contributed by atoms with E-state index in [9.17, 15) is 13.2 Å². The summed E-state index contributed by atoms with van der Waals surface area (Å²) in [7, 11) is -3.69. The summed E-state index contributed by atoms with van der Waals surface area (Å²) in [6, 6.07) is 24.4. The third-order valence-corrected chi connectivity index (χ3v) is 5.19. The maximum absolute atomic E-state index is 12.2. The molecule has 7 nitrogen and oxygen atoms in total. The molecule has 3 rings (SSSR count). The van der Waals surface area contributed by atoms with Gasteiger partial charge in [-0.1, -0.05) is 48.5 Å². The molecule has 0 spiro atoms. The fraction of sp³-hybridized carbons (Fsp3) is 0. The molecule has 0 aliphatic rings. The highest BCUT2D eigenvalue weighted by Gasteiger charge is 2.09. The number of benzene rings is 3. The van der Waals surface area contributed by atoms with Gasteiger partial charge in [0.15, 0.2) is 5.11 Å². The fourth-order valence-corrected chi connectivity index (χ4v) is 3.53. The number of amides is 1. The van der Waals surface area contributed by atoms with Gasteiger partial charge in [0.25, 0.3) is 15.9 Å². The van der Waals surface area contributed by atoms with Gasteiger partial charge in [0.1, 0.15) is 0 Å². The maximum Gasteiger partial charge on any atom is 0.269 e. The van der Waals surface area contributed by atoms with Crippen molar-refractivity contribution in [1.29, 1.82) is 0 Å². The van der Waals surface area contributed by atoms with E-state index in [-0.39, 0.29) is 5.11 Å². The second kappa shape index (κ2) is 10.4. The molecule has 9 heteroatoms. The van der Waals surface area contributed by atoms with E-state index in [4.69, 9.17) is 12.2 Å². The van der Waals surface area contributed by atoms with Crippen LogP contribution < -0.4 is 20.9 Å². The molecule has 0 atom stereocenters. The minimum Gasteiger partial charge on any atom is -0.331 e. The van der Waals surface area contributed by atoms with Gasteiger partial charge < -0.3 is 5.32 Å². The molecule has 3 aromatic rings. The van der Waals surface area contributed by atoms with Crippen LogP contribution in [0.15, 0.2) is 90.3 Å². The van der Waals surface area contributed by atoms with E-state index in [0.717, 1.165) is 16.7 Å². The summed E-state index contributed by atoms with van der Waals surface area (Å²) in [5.41, 5.74) is 7.32. The van der Waals surface area contributed by atoms with E-state index >= 15 is 0 Å². The highest BCUT2D eigenvalue weighted by Crippen LogP contribution is 2.13. The Balaban J connectivity index is 1.52. The number of rotatable bonds is 6. The Kier molecular flexibility index (Phi) is 7.36. The monoisotopic (exact) mass is 452 g/mol. The molecule has 0 bridgehead atoms. The Morgan fingerprint density at radius 3 is 2.03 bits per heavy atom. The van der Waals surface area contributed by atoms with Crippen molar-refractivity contribution in [3.8, 4) is 0 Å². The van der Waals surface area contributed by atoms with Gasteiger partial charge in [-0.05, 0) is 60.3 Å². The normalized spacial score (nSPS) is 11.0. The van der Waals surface area contributed by atoms with Crippen LogP contribution in [0.3, 0.4) is 0 Å². The predicted molar refractivity (Wildman–Crippen MR) is 128 cm³/mol. The van der Waals surface area contributed by atoms with E-state index < -0.39 is 15.9 Å². The molecule has 0 aliphatic heterocycles. The van der Waals surface area contributed by atoms with Crippen LogP contribution in [0.25, 0.3) is 6.08 Å². The maximum atomic E-state index is 12.2. The number of hydrogen-bond donors (Lipinski definition) is 4. The molecule has 4 N–H and O–H groups in total. The van der Waals surface area contributed by atoms with Crippen LogP contribution in [0.5, 0.6) is 0 Å². The van der Waals surface area contributed by atoms with Gasteiger partial charge in [-0.15, -0.1) is 0 Å². The molecule has 3 aromatic carbocycles. The number of carbonyl (C=O) groups is 1. The van der Waals surface area contributed by atoms with Crippen molar-refractivity contribution in [3.63, 3.8) is 0 Å². The van der Waals surface area contributed by atoms with Gasteiger partial charge in [0, 0.05) is 16.9 Å². The second-order valence-corrected chi connectivity index (χ2v) is 8.31. The molecular formula is C22H20N4O3S2. The lowest BCUT2D eigenvalue weighted by Gasteiger charge is -2.12. The Morgan fingerprint density at radius 1 is 0.774 bits per heavy atom. The van der Waals surface area contributed by atoms with Crippen molar-refractivity contribution in [2.24, 2.45) is 0 Å². The summed E-state index contributed by atoms with van der Waals surface area (Å²) in [6.07, 6.45) is 1.50. The highest BCUT2D eigenvalue weighted by molar-refractivity contribution is 7.95. The largest absolute Gasteiger partial charge is 0.331 e. The van der Waals surface area contributed by atoms with Gasteiger partial charge in [-0.3, -0.25) is 20.4 Å². The van der Waals surface area contributed by atoms with Gasteiger partial charge in [-0.25, -0.2) is 8.42 Å². The van der Waals surface area contributed by atoms with E-state index in [1.54, 1.807) is 12.1 Å². The first-order chi connectivity index (χ1) is 14.9. The van der Waals surface area contributed by atoms with Crippen LogP contribution in [0.1, 0.15) is 15.9 Å². The zero-order chi connectivity index (χ0) is 22.1. The summed E-state index contributed by atoms with van der Waals surface area (Å²) >= 11 is 5.12. The summed E-state index contributed by atoms with van der Waals surface area (Å²) < 4.78 is 26.9. The quantitative estimate of drug-likeness (QED) is 0.336. The molecule has 0 saturated carbocycles. The van der Waals surface area contributed by atoms with Gasteiger partial charge >= 0.3 is 0 Å². The highest BCUT2D eigenvalue weighted by atomic mass is 32.2. The lowest BCUT2D eigenvalue weighted by molar-refractivity contribution is 0.0944. The number of carbonyl (C=O) groups excluding carboxylic acids is 1. The lowest BCUT2D eigenvalue weighted by Crippen LogP contribution is -2.43. The molecule has 1 amide bonds. The Hall–Kier alpha value is -3.69. The molecule has 0 radical (unpaired) electrons. The Bertz CT molecular complexity index is 1160.